The summed E-state index contributed by atoms with van der Waals surface area (Å²) in [5, 5.41) is 9.99. The second kappa shape index (κ2) is 4.71. The van der Waals surface area contributed by atoms with Crippen molar-refractivity contribution in [3.05, 3.63) is 16.1 Å². The number of thiazole rings is 1. The first-order valence-corrected chi connectivity index (χ1v) is 7.03. The Morgan fingerprint density at radius 3 is 2.73 bits per heavy atom. The monoisotopic (exact) mass is 249 g/mol. The molecule has 15 heavy (non-hydrogen) atoms. The van der Waals surface area contributed by atoms with Gasteiger partial charge < -0.3 is 5.11 Å². The number of carboxylic acid groups (broad SMARTS) is 1. The lowest BCUT2D eigenvalue weighted by molar-refractivity contribution is 0.0696. The molecule has 0 amide bonds. The van der Waals surface area contributed by atoms with E-state index in [4.69, 9.17) is 5.11 Å². The molecule has 0 saturated heterocycles. The summed E-state index contributed by atoms with van der Waals surface area (Å²) in [5.41, 5.74) is 0.311. The predicted molar refractivity (Wildman–Crippen MR) is 56.9 cm³/mol. The molecule has 0 unspecified atom stereocenters. The molecule has 1 aromatic rings. The molecule has 0 fully saturated rings. The molecule has 0 aromatic carbocycles. The van der Waals surface area contributed by atoms with Crippen LogP contribution in [0.15, 0.2) is 5.38 Å². The predicted octanol–water partition coefficient (Wildman–Crippen LogP) is 1.17. The highest BCUT2D eigenvalue weighted by atomic mass is 32.2. The maximum Gasteiger partial charge on any atom is 0.365 e. The van der Waals surface area contributed by atoms with E-state index >= 15 is 0 Å². The average molecular weight is 249 g/mol. The molecule has 0 saturated carbocycles. The fraction of sp³-hybridized carbons (Fsp3) is 0.500. The van der Waals surface area contributed by atoms with Crippen LogP contribution in [0.1, 0.15) is 28.8 Å². The van der Waals surface area contributed by atoms with Crippen molar-refractivity contribution in [2.24, 2.45) is 0 Å². The summed E-state index contributed by atoms with van der Waals surface area (Å²) in [6, 6.07) is 0. The van der Waals surface area contributed by atoms with Crippen LogP contribution in [0.25, 0.3) is 0 Å². The molecule has 1 aromatic heterocycles. The summed E-state index contributed by atoms with van der Waals surface area (Å²) in [6.45, 7) is 1.78. The van der Waals surface area contributed by atoms with Crippen molar-refractivity contribution in [1.82, 2.24) is 4.98 Å². The van der Waals surface area contributed by atoms with Gasteiger partial charge in [0.25, 0.3) is 0 Å². The lowest BCUT2D eigenvalue weighted by Crippen LogP contribution is -2.09. The maximum absolute atomic E-state index is 11.4. The van der Waals surface area contributed by atoms with E-state index in [0.29, 0.717) is 12.1 Å². The molecule has 7 heteroatoms. The number of carbonyl (C=O) groups is 1. The van der Waals surface area contributed by atoms with Gasteiger partial charge in [0, 0.05) is 5.38 Å². The minimum Gasteiger partial charge on any atom is -0.476 e. The fourth-order valence-corrected chi connectivity index (χ4v) is 3.20. The Hall–Kier alpha value is -0.950. The first-order chi connectivity index (χ1) is 6.94. The van der Waals surface area contributed by atoms with E-state index in [-0.39, 0.29) is 16.5 Å². The molecule has 1 rings (SSSR count). The van der Waals surface area contributed by atoms with Crippen LogP contribution < -0.4 is 0 Å². The van der Waals surface area contributed by atoms with E-state index in [9.17, 15) is 13.2 Å². The average Bonchev–Trinajstić information content (AvgIpc) is 2.51. The number of hydrogen-bond donors (Lipinski definition) is 1. The Labute approximate surface area is 91.7 Å². The number of carboxylic acids is 1. The molecule has 0 radical (unpaired) electrons. The first kappa shape index (κ1) is 12.1. The smallest absolute Gasteiger partial charge is 0.365 e. The van der Waals surface area contributed by atoms with Gasteiger partial charge in [-0.2, -0.15) is 0 Å². The van der Waals surface area contributed by atoms with Crippen LogP contribution in [-0.2, 0) is 15.6 Å². The zero-order chi connectivity index (χ0) is 11.5. The molecule has 0 aliphatic carbocycles. The Kier molecular flexibility index (Phi) is 3.81. The second-order valence-corrected chi connectivity index (χ2v) is 6.08. The van der Waals surface area contributed by atoms with Crippen molar-refractivity contribution in [1.29, 1.82) is 0 Å². The van der Waals surface area contributed by atoms with Crippen LogP contribution in [0.5, 0.6) is 0 Å². The van der Waals surface area contributed by atoms with Crippen molar-refractivity contribution in [3.8, 4) is 0 Å². The summed E-state index contributed by atoms with van der Waals surface area (Å²) in [6.07, 6.45) is 0.554. The quantitative estimate of drug-likeness (QED) is 0.846. The normalized spacial score (nSPS) is 11.5. The molecule has 0 aliphatic rings. The van der Waals surface area contributed by atoms with E-state index in [2.05, 4.69) is 4.98 Å². The van der Waals surface area contributed by atoms with Crippen molar-refractivity contribution in [3.63, 3.8) is 0 Å². The van der Waals surface area contributed by atoms with Gasteiger partial charge in [-0.1, -0.05) is 6.92 Å². The number of aromatic nitrogens is 1. The maximum atomic E-state index is 11.4. The lowest BCUT2D eigenvalue weighted by atomic mass is 10.6. The van der Waals surface area contributed by atoms with Gasteiger partial charge in [0.1, 0.15) is 0 Å². The molecule has 1 heterocycles. The van der Waals surface area contributed by atoms with Crippen LogP contribution >= 0.6 is 11.3 Å². The molecular formula is C8H11NO4S2. The van der Waals surface area contributed by atoms with Gasteiger partial charge >= 0.3 is 5.97 Å². The summed E-state index contributed by atoms with van der Waals surface area (Å²) >= 11 is 0.941. The summed E-state index contributed by atoms with van der Waals surface area (Å²) in [4.78, 5) is 14.2. The van der Waals surface area contributed by atoms with Crippen LogP contribution in [0.3, 0.4) is 0 Å². The van der Waals surface area contributed by atoms with Crippen LogP contribution in [-0.4, -0.2) is 30.2 Å². The lowest BCUT2D eigenvalue weighted by Gasteiger charge is -1.98. The van der Waals surface area contributed by atoms with Gasteiger partial charge in [-0.25, -0.2) is 18.2 Å². The highest BCUT2D eigenvalue weighted by Gasteiger charge is 2.15. The van der Waals surface area contributed by atoms with Crippen LogP contribution in [0.4, 0.5) is 0 Å². The van der Waals surface area contributed by atoms with E-state index in [0.717, 1.165) is 11.3 Å². The Balaban J connectivity index is 2.77. The third-order valence-corrected chi connectivity index (χ3v) is 4.26. The van der Waals surface area contributed by atoms with Crippen molar-refractivity contribution < 1.29 is 18.3 Å². The van der Waals surface area contributed by atoms with E-state index in [1.165, 1.54) is 5.38 Å². The number of rotatable bonds is 5. The number of sulfone groups is 1. The molecule has 1 N–H and O–H groups in total. The number of hydrogen-bond acceptors (Lipinski definition) is 5. The largest absolute Gasteiger partial charge is 0.476 e. The third kappa shape index (κ3) is 3.60. The topological polar surface area (TPSA) is 84.3 Å². The Bertz CT molecular complexity index is 449. The van der Waals surface area contributed by atoms with E-state index in [1.807, 2.05) is 0 Å². The van der Waals surface area contributed by atoms with Crippen molar-refractivity contribution in [2.75, 3.05) is 5.75 Å². The third-order valence-electron chi connectivity index (χ3n) is 1.62. The Morgan fingerprint density at radius 2 is 2.27 bits per heavy atom. The van der Waals surface area contributed by atoms with Crippen molar-refractivity contribution in [2.45, 2.75) is 19.1 Å². The highest BCUT2D eigenvalue weighted by molar-refractivity contribution is 7.90. The minimum atomic E-state index is -3.15. The summed E-state index contributed by atoms with van der Waals surface area (Å²) < 4.78 is 22.8. The molecule has 84 valence electrons. The fourth-order valence-electron chi connectivity index (χ4n) is 1.08. The van der Waals surface area contributed by atoms with E-state index in [1.54, 1.807) is 6.92 Å². The molecule has 0 spiro atoms. The standard InChI is InChI=1S/C8H11NO4S2/c1-2-3-15(12,13)5-6-4-14-7(9-6)8(10)11/h4H,2-3,5H2,1H3,(H,10,11). The van der Waals surface area contributed by atoms with Gasteiger partial charge in [0.05, 0.1) is 17.2 Å². The molecule has 5 nitrogen and oxygen atoms in total. The molecule has 0 atom stereocenters. The number of aromatic carboxylic acids is 1. The van der Waals surface area contributed by atoms with Gasteiger partial charge in [-0.3, -0.25) is 0 Å². The summed E-state index contributed by atoms with van der Waals surface area (Å²) in [5.74, 6) is -1.20. The summed E-state index contributed by atoms with van der Waals surface area (Å²) in [7, 11) is -3.15. The van der Waals surface area contributed by atoms with Crippen molar-refractivity contribution >= 4 is 27.1 Å². The zero-order valence-corrected chi connectivity index (χ0v) is 9.77. The SMILES string of the molecule is CCCS(=O)(=O)Cc1csc(C(=O)O)n1. The minimum absolute atomic E-state index is 0.0725. The van der Waals surface area contributed by atoms with Gasteiger partial charge in [-0.15, -0.1) is 11.3 Å². The van der Waals surface area contributed by atoms with E-state index < -0.39 is 15.8 Å². The van der Waals surface area contributed by atoms with Gasteiger partial charge in [0.2, 0.25) is 5.01 Å². The Morgan fingerprint density at radius 1 is 1.60 bits per heavy atom. The first-order valence-electron chi connectivity index (χ1n) is 4.32. The molecule has 0 aliphatic heterocycles. The van der Waals surface area contributed by atoms with Gasteiger partial charge in [-0.05, 0) is 6.42 Å². The van der Waals surface area contributed by atoms with Gasteiger partial charge in [0.15, 0.2) is 9.84 Å². The van der Waals surface area contributed by atoms with Crippen LogP contribution in [0.2, 0.25) is 0 Å². The highest BCUT2D eigenvalue weighted by Crippen LogP contribution is 2.13. The second-order valence-electron chi connectivity index (χ2n) is 3.04. The molecule has 0 bridgehead atoms. The zero-order valence-electron chi connectivity index (χ0n) is 8.13. The molecular weight excluding hydrogens is 238 g/mol. The van der Waals surface area contributed by atoms with Crippen LogP contribution in [0, 0.1) is 0 Å². The number of nitrogens with zero attached hydrogens (tertiary/aromatic N) is 1.